The zero-order chi connectivity index (χ0) is 21.1. The number of aliphatic imine (C=N–C) groups is 1. The van der Waals surface area contributed by atoms with Crippen LogP contribution in [0.1, 0.15) is 56.3 Å². The largest absolute Gasteiger partial charge is 0.493 e. The van der Waals surface area contributed by atoms with Crippen molar-refractivity contribution in [1.29, 1.82) is 0 Å². The van der Waals surface area contributed by atoms with Crippen LogP contribution in [0.4, 0.5) is 0 Å². The fraction of sp³-hybridized carbons (Fsp3) is 0.545. The van der Waals surface area contributed by atoms with Crippen LogP contribution in [0.25, 0.3) is 0 Å². The highest BCUT2D eigenvalue weighted by molar-refractivity contribution is 7.09. The lowest BCUT2D eigenvalue weighted by Gasteiger charge is -2.12. The van der Waals surface area contributed by atoms with E-state index in [0.29, 0.717) is 19.1 Å². The van der Waals surface area contributed by atoms with E-state index in [9.17, 15) is 0 Å². The maximum atomic E-state index is 5.66. The molecular formula is C22H34N4O2S. The summed E-state index contributed by atoms with van der Waals surface area (Å²) in [6, 6.07) is 6.13. The number of hydrogen-bond donors (Lipinski definition) is 2. The van der Waals surface area contributed by atoms with Gasteiger partial charge in [-0.3, -0.25) is 0 Å². The maximum Gasteiger partial charge on any atom is 0.191 e. The molecule has 0 saturated heterocycles. The van der Waals surface area contributed by atoms with E-state index in [-0.39, 0.29) is 0 Å². The van der Waals surface area contributed by atoms with Gasteiger partial charge in [-0.05, 0) is 50.3 Å². The second-order valence-corrected chi connectivity index (χ2v) is 7.91. The van der Waals surface area contributed by atoms with E-state index in [4.69, 9.17) is 9.47 Å². The highest BCUT2D eigenvalue weighted by Gasteiger charge is 2.07. The van der Waals surface area contributed by atoms with Gasteiger partial charge in [0.05, 0.1) is 26.0 Å². The normalized spacial score (nSPS) is 11.6. The minimum absolute atomic E-state index is 0.455. The third-order valence-electron chi connectivity index (χ3n) is 4.34. The van der Waals surface area contributed by atoms with Crippen LogP contribution in [0.3, 0.4) is 0 Å². The van der Waals surface area contributed by atoms with Crippen molar-refractivity contribution in [3.63, 3.8) is 0 Å². The van der Waals surface area contributed by atoms with E-state index in [0.717, 1.165) is 54.1 Å². The molecule has 29 heavy (non-hydrogen) atoms. The van der Waals surface area contributed by atoms with Gasteiger partial charge in [0.15, 0.2) is 17.5 Å². The van der Waals surface area contributed by atoms with Gasteiger partial charge in [0.25, 0.3) is 0 Å². The van der Waals surface area contributed by atoms with Crippen molar-refractivity contribution in [2.24, 2.45) is 4.99 Å². The molecule has 0 atom stereocenters. The maximum absolute atomic E-state index is 5.66. The molecule has 7 heteroatoms. The van der Waals surface area contributed by atoms with Gasteiger partial charge in [-0.25, -0.2) is 9.98 Å². The van der Waals surface area contributed by atoms with Crippen LogP contribution in [-0.2, 0) is 13.0 Å². The van der Waals surface area contributed by atoms with Crippen molar-refractivity contribution >= 4 is 17.3 Å². The number of guanidine groups is 1. The lowest BCUT2D eigenvalue weighted by Crippen LogP contribution is -2.37. The van der Waals surface area contributed by atoms with Crippen molar-refractivity contribution in [2.75, 3.05) is 26.8 Å². The molecule has 0 bridgehead atoms. The third-order valence-corrected chi connectivity index (χ3v) is 5.19. The molecule has 160 valence electrons. The average Bonchev–Trinajstić information content (AvgIpc) is 3.19. The Bertz CT molecular complexity index is 774. The molecule has 0 amide bonds. The molecule has 2 rings (SSSR count). The Morgan fingerprint density at radius 1 is 1.21 bits per heavy atom. The van der Waals surface area contributed by atoms with Crippen LogP contribution in [0, 0.1) is 0 Å². The van der Waals surface area contributed by atoms with E-state index >= 15 is 0 Å². The van der Waals surface area contributed by atoms with E-state index in [1.807, 2.05) is 13.0 Å². The lowest BCUT2D eigenvalue weighted by molar-refractivity contribution is 0.310. The third kappa shape index (κ3) is 7.57. The number of thiazole rings is 1. The van der Waals surface area contributed by atoms with Crippen LogP contribution in [0.15, 0.2) is 28.6 Å². The second-order valence-electron chi connectivity index (χ2n) is 6.96. The van der Waals surface area contributed by atoms with Crippen LogP contribution in [0.5, 0.6) is 11.5 Å². The fourth-order valence-corrected chi connectivity index (χ4v) is 3.67. The van der Waals surface area contributed by atoms with E-state index < -0.39 is 0 Å². The van der Waals surface area contributed by atoms with E-state index in [2.05, 4.69) is 58.9 Å². The summed E-state index contributed by atoms with van der Waals surface area (Å²) in [5.41, 5.74) is 2.38. The summed E-state index contributed by atoms with van der Waals surface area (Å²) in [6.07, 6.45) is 1.96. The smallest absolute Gasteiger partial charge is 0.191 e. The Morgan fingerprint density at radius 3 is 2.69 bits per heavy atom. The summed E-state index contributed by atoms with van der Waals surface area (Å²) in [6.45, 7) is 11.3. The minimum Gasteiger partial charge on any atom is -0.493 e. The first-order chi connectivity index (χ1) is 14.1. The first-order valence-corrected chi connectivity index (χ1v) is 11.2. The molecule has 0 aliphatic carbocycles. The topological polar surface area (TPSA) is 67.8 Å². The lowest BCUT2D eigenvalue weighted by atomic mass is 10.1. The molecule has 0 unspecified atom stereocenters. The SMILES string of the molecule is CCNC(=NCc1nc(C(C)C)cs1)NCCCc1ccc(OC)c(OCC)c1. The van der Waals surface area contributed by atoms with Crippen LogP contribution >= 0.6 is 11.3 Å². The number of nitrogens with one attached hydrogen (secondary N) is 2. The van der Waals surface area contributed by atoms with Crippen molar-refractivity contribution in [1.82, 2.24) is 15.6 Å². The predicted octanol–water partition coefficient (Wildman–Crippen LogP) is 4.36. The Balaban J connectivity index is 1.84. The summed E-state index contributed by atoms with van der Waals surface area (Å²) in [4.78, 5) is 9.32. The Hall–Kier alpha value is -2.28. The van der Waals surface area contributed by atoms with Crippen LogP contribution in [-0.4, -0.2) is 37.7 Å². The van der Waals surface area contributed by atoms with Crippen LogP contribution < -0.4 is 20.1 Å². The van der Waals surface area contributed by atoms with Gasteiger partial charge in [0, 0.05) is 18.5 Å². The van der Waals surface area contributed by atoms with Gasteiger partial charge in [0.1, 0.15) is 5.01 Å². The molecular weight excluding hydrogens is 384 g/mol. The molecule has 0 aliphatic rings. The Kier molecular flexibility index (Phi) is 9.77. The molecule has 1 aromatic heterocycles. The van der Waals surface area contributed by atoms with Gasteiger partial charge in [-0.2, -0.15) is 0 Å². The summed E-state index contributed by atoms with van der Waals surface area (Å²) in [5, 5.41) is 9.89. The van der Waals surface area contributed by atoms with Crippen molar-refractivity contribution in [2.45, 2.75) is 53.0 Å². The highest BCUT2D eigenvalue weighted by Crippen LogP contribution is 2.28. The summed E-state index contributed by atoms with van der Waals surface area (Å²) < 4.78 is 11.0. The number of aromatic nitrogens is 1. The molecule has 0 spiro atoms. The van der Waals surface area contributed by atoms with Gasteiger partial charge in [0.2, 0.25) is 0 Å². The summed E-state index contributed by atoms with van der Waals surface area (Å²) in [7, 11) is 1.67. The number of rotatable bonds is 11. The Morgan fingerprint density at radius 2 is 2.03 bits per heavy atom. The standard InChI is InChI=1S/C22H34N4O2S/c1-6-23-22(25-14-21-26-18(15-29-21)16(3)4)24-12-8-9-17-10-11-19(27-5)20(13-17)28-7-2/h10-11,13,15-16H,6-9,12,14H2,1-5H3,(H2,23,24,25). The molecule has 0 radical (unpaired) electrons. The average molecular weight is 419 g/mol. The van der Waals surface area contributed by atoms with Crippen molar-refractivity contribution < 1.29 is 9.47 Å². The number of hydrogen-bond acceptors (Lipinski definition) is 5. The zero-order valence-corrected chi connectivity index (χ0v) is 19.1. The quantitative estimate of drug-likeness (QED) is 0.322. The fourth-order valence-electron chi connectivity index (χ4n) is 2.80. The molecule has 2 N–H and O–H groups in total. The van der Waals surface area contributed by atoms with Gasteiger partial charge < -0.3 is 20.1 Å². The first-order valence-electron chi connectivity index (χ1n) is 10.3. The monoisotopic (exact) mass is 418 g/mol. The molecule has 0 saturated carbocycles. The number of benzene rings is 1. The zero-order valence-electron chi connectivity index (χ0n) is 18.2. The number of ether oxygens (including phenoxy) is 2. The summed E-state index contributed by atoms with van der Waals surface area (Å²) >= 11 is 1.68. The van der Waals surface area contributed by atoms with E-state index in [1.165, 1.54) is 5.56 Å². The number of methoxy groups -OCH3 is 1. The van der Waals surface area contributed by atoms with E-state index in [1.54, 1.807) is 18.4 Å². The van der Waals surface area contributed by atoms with Crippen molar-refractivity contribution in [3.05, 3.63) is 39.8 Å². The van der Waals surface area contributed by atoms with Gasteiger partial charge in [-0.1, -0.05) is 19.9 Å². The second kappa shape index (κ2) is 12.3. The minimum atomic E-state index is 0.455. The van der Waals surface area contributed by atoms with Crippen molar-refractivity contribution in [3.8, 4) is 11.5 Å². The highest BCUT2D eigenvalue weighted by atomic mass is 32.1. The number of aryl methyl sites for hydroxylation is 1. The summed E-state index contributed by atoms with van der Waals surface area (Å²) in [5.74, 6) is 2.87. The molecule has 2 aromatic rings. The van der Waals surface area contributed by atoms with Gasteiger partial charge >= 0.3 is 0 Å². The molecule has 6 nitrogen and oxygen atoms in total. The van der Waals surface area contributed by atoms with Gasteiger partial charge in [-0.15, -0.1) is 11.3 Å². The first kappa shape index (κ1) is 23.0. The predicted molar refractivity (Wildman–Crippen MR) is 122 cm³/mol. The molecule has 0 fully saturated rings. The van der Waals surface area contributed by atoms with Crippen LogP contribution in [0.2, 0.25) is 0 Å². The molecule has 0 aliphatic heterocycles. The Labute approximate surface area is 178 Å². The molecule has 1 aromatic carbocycles. The number of nitrogens with zero attached hydrogens (tertiary/aromatic N) is 2. The molecule has 1 heterocycles.